The molecule has 3 N–H and O–H groups in total. The van der Waals surface area contributed by atoms with Crippen molar-refractivity contribution in [1.29, 1.82) is 0 Å². The number of carbonyl (C=O) groups excluding carboxylic acids is 1. The van der Waals surface area contributed by atoms with Crippen LogP contribution < -0.4 is 11.3 Å². The Balaban J connectivity index is 1.58. The van der Waals surface area contributed by atoms with E-state index >= 15 is 0 Å². The van der Waals surface area contributed by atoms with E-state index in [0.29, 0.717) is 22.1 Å². The van der Waals surface area contributed by atoms with Crippen molar-refractivity contribution in [3.05, 3.63) is 76.5 Å². The number of nitrogens with zero attached hydrogens (tertiary/aromatic N) is 2. The zero-order valence-electron chi connectivity index (χ0n) is 13.6. The first kappa shape index (κ1) is 15.8. The van der Waals surface area contributed by atoms with Crippen LogP contribution in [-0.2, 0) is 11.3 Å². The van der Waals surface area contributed by atoms with Crippen LogP contribution in [0.25, 0.3) is 21.7 Å². The Bertz CT molecular complexity index is 1200. The minimum absolute atomic E-state index is 0.0717. The summed E-state index contributed by atoms with van der Waals surface area (Å²) in [6.07, 6.45) is 0. The van der Waals surface area contributed by atoms with Gasteiger partial charge >= 0.3 is 5.97 Å². The standard InChI is InChI=1S/C19H14N4O3/c20-17-13-7-3-4-8-14(13)21-16(23-17)10-26-19(25)15-9-11-5-1-2-6-12(11)18(24)22-15/h1-9H,10H2,(H,22,24)(H2,20,21,23). The lowest BCUT2D eigenvalue weighted by Crippen LogP contribution is -2.16. The molecule has 0 saturated carbocycles. The number of nitrogens with one attached hydrogen (secondary N) is 1. The van der Waals surface area contributed by atoms with E-state index in [2.05, 4.69) is 15.0 Å². The summed E-state index contributed by atoms with van der Waals surface area (Å²) < 4.78 is 5.23. The van der Waals surface area contributed by atoms with Gasteiger partial charge in [-0.25, -0.2) is 14.8 Å². The number of para-hydroxylation sites is 1. The number of benzene rings is 2. The molecule has 2 heterocycles. The van der Waals surface area contributed by atoms with E-state index in [4.69, 9.17) is 10.5 Å². The minimum Gasteiger partial charge on any atom is -0.453 e. The van der Waals surface area contributed by atoms with Gasteiger partial charge in [0.25, 0.3) is 5.56 Å². The third kappa shape index (κ3) is 2.86. The van der Waals surface area contributed by atoms with Gasteiger partial charge < -0.3 is 15.5 Å². The molecule has 7 heteroatoms. The summed E-state index contributed by atoms with van der Waals surface area (Å²) in [5.74, 6) is -0.0540. The van der Waals surface area contributed by atoms with Crippen molar-refractivity contribution < 1.29 is 9.53 Å². The predicted molar refractivity (Wildman–Crippen MR) is 97.6 cm³/mol. The maximum atomic E-state index is 12.3. The molecule has 0 radical (unpaired) electrons. The zero-order valence-corrected chi connectivity index (χ0v) is 13.6. The largest absolute Gasteiger partial charge is 0.453 e. The monoisotopic (exact) mass is 346 g/mol. The molecule has 0 aliphatic rings. The maximum Gasteiger partial charge on any atom is 0.355 e. The SMILES string of the molecule is Nc1nc(COC(=O)c2cc3ccccc3c(=O)[nH]2)nc2ccccc12. The van der Waals surface area contributed by atoms with Crippen molar-refractivity contribution in [2.75, 3.05) is 5.73 Å². The Morgan fingerprint density at radius 3 is 2.62 bits per heavy atom. The van der Waals surface area contributed by atoms with E-state index < -0.39 is 5.97 Å². The Morgan fingerprint density at radius 1 is 1.04 bits per heavy atom. The summed E-state index contributed by atoms with van der Waals surface area (Å²) in [6.45, 7) is -0.150. The minimum atomic E-state index is -0.664. The van der Waals surface area contributed by atoms with Crippen LogP contribution in [0.3, 0.4) is 0 Å². The molecule has 128 valence electrons. The number of H-pyrrole nitrogens is 1. The number of ether oxygens (including phenoxy) is 1. The van der Waals surface area contributed by atoms with Crippen molar-refractivity contribution in [2.45, 2.75) is 6.61 Å². The van der Waals surface area contributed by atoms with Gasteiger partial charge in [-0.2, -0.15) is 0 Å². The first-order valence-electron chi connectivity index (χ1n) is 7.92. The second-order valence-corrected chi connectivity index (χ2v) is 5.72. The van der Waals surface area contributed by atoms with E-state index in [1.54, 1.807) is 36.4 Å². The molecule has 0 unspecified atom stereocenters. The number of carbonyl (C=O) groups is 1. The highest BCUT2D eigenvalue weighted by atomic mass is 16.5. The summed E-state index contributed by atoms with van der Waals surface area (Å²) >= 11 is 0. The number of nitrogen functional groups attached to an aromatic ring is 1. The van der Waals surface area contributed by atoms with Crippen molar-refractivity contribution in [1.82, 2.24) is 15.0 Å². The predicted octanol–water partition coefficient (Wildman–Crippen LogP) is 2.41. The van der Waals surface area contributed by atoms with Gasteiger partial charge in [-0.1, -0.05) is 30.3 Å². The molecule has 0 spiro atoms. The molecule has 0 bridgehead atoms. The fourth-order valence-electron chi connectivity index (χ4n) is 2.74. The number of hydrogen-bond donors (Lipinski definition) is 2. The van der Waals surface area contributed by atoms with Crippen LogP contribution >= 0.6 is 0 Å². The smallest absolute Gasteiger partial charge is 0.355 e. The van der Waals surface area contributed by atoms with E-state index in [0.717, 1.165) is 5.39 Å². The van der Waals surface area contributed by atoms with Crippen molar-refractivity contribution in [3.8, 4) is 0 Å². The summed E-state index contributed by atoms with van der Waals surface area (Å²) in [5, 5.41) is 1.91. The molecule has 26 heavy (non-hydrogen) atoms. The molecule has 0 saturated heterocycles. The Kier molecular flexibility index (Phi) is 3.81. The number of aromatic nitrogens is 3. The molecule has 7 nitrogen and oxygen atoms in total. The lowest BCUT2D eigenvalue weighted by Gasteiger charge is -2.07. The van der Waals surface area contributed by atoms with Crippen LogP contribution in [0.2, 0.25) is 0 Å². The highest BCUT2D eigenvalue weighted by Crippen LogP contribution is 2.17. The first-order valence-corrected chi connectivity index (χ1v) is 7.92. The topological polar surface area (TPSA) is 111 Å². The Labute approximate surface area is 147 Å². The molecule has 2 aromatic carbocycles. The summed E-state index contributed by atoms with van der Waals surface area (Å²) in [7, 11) is 0. The second-order valence-electron chi connectivity index (χ2n) is 5.72. The molecule has 0 aliphatic heterocycles. The van der Waals surface area contributed by atoms with Crippen molar-refractivity contribution in [2.24, 2.45) is 0 Å². The second kappa shape index (κ2) is 6.29. The molecule has 0 atom stereocenters. The molecule has 4 rings (SSSR count). The first-order chi connectivity index (χ1) is 12.6. The molecule has 4 aromatic rings. The van der Waals surface area contributed by atoms with E-state index in [1.165, 1.54) is 0 Å². The third-order valence-corrected chi connectivity index (χ3v) is 3.98. The number of esters is 1. The van der Waals surface area contributed by atoms with Crippen LogP contribution in [0.4, 0.5) is 5.82 Å². The number of nitrogens with two attached hydrogens (primary N) is 1. The lowest BCUT2D eigenvalue weighted by atomic mass is 10.1. The average Bonchev–Trinajstić information content (AvgIpc) is 2.66. The molecular weight excluding hydrogens is 332 g/mol. The number of hydrogen-bond acceptors (Lipinski definition) is 6. The van der Waals surface area contributed by atoms with E-state index in [1.807, 2.05) is 18.2 Å². The van der Waals surface area contributed by atoms with Crippen molar-refractivity contribution >= 4 is 33.5 Å². The number of aromatic amines is 1. The highest BCUT2D eigenvalue weighted by Gasteiger charge is 2.13. The summed E-state index contributed by atoms with van der Waals surface area (Å²) in [4.78, 5) is 35.4. The molecule has 0 amide bonds. The van der Waals surface area contributed by atoms with Crippen LogP contribution in [0, 0.1) is 0 Å². The van der Waals surface area contributed by atoms with Gasteiger partial charge in [0.15, 0.2) is 12.4 Å². The average molecular weight is 346 g/mol. The quantitative estimate of drug-likeness (QED) is 0.551. The Hall–Kier alpha value is -3.74. The van der Waals surface area contributed by atoms with E-state index in [9.17, 15) is 9.59 Å². The summed E-state index contributed by atoms with van der Waals surface area (Å²) in [5.41, 5.74) is 6.31. The fraction of sp³-hybridized carbons (Fsp3) is 0.0526. The van der Waals surface area contributed by atoms with Crippen LogP contribution in [0.1, 0.15) is 16.3 Å². The van der Waals surface area contributed by atoms with Crippen LogP contribution in [0.15, 0.2) is 59.4 Å². The molecule has 0 fully saturated rings. The normalized spacial score (nSPS) is 10.9. The van der Waals surface area contributed by atoms with Gasteiger partial charge in [-0.05, 0) is 29.7 Å². The van der Waals surface area contributed by atoms with Gasteiger partial charge in [0.1, 0.15) is 11.5 Å². The van der Waals surface area contributed by atoms with Gasteiger partial charge in [0.2, 0.25) is 0 Å². The Morgan fingerprint density at radius 2 is 1.77 bits per heavy atom. The van der Waals surface area contributed by atoms with Crippen molar-refractivity contribution in [3.63, 3.8) is 0 Å². The number of pyridine rings is 1. The lowest BCUT2D eigenvalue weighted by molar-refractivity contribution is 0.0455. The number of anilines is 1. The van der Waals surface area contributed by atoms with Gasteiger partial charge in [-0.15, -0.1) is 0 Å². The van der Waals surface area contributed by atoms with E-state index in [-0.39, 0.29) is 23.7 Å². The number of rotatable bonds is 3. The fourth-order valence-corrected chi connectivity index (χ4v) is 2.74. The van der Waals surface area contributed by atoms with Gasteiger partial charge in [0.05, 0.1) is 5.52 Å². The van der Waals surface area contributed by atoms with Crippen LogP contribution in [0.5, 0.6) is 0 Å². The highest BCUT2D eigenvalue weighted by molar-refractivity contribution is 5.93. The molecule has 0 aliphatic carbocycles. The summed E-state index contributed by atoms with van der Waals surface area (Å²) in [6, 6.07) is 15.9. The van der Waals surface area contributed by atoms with Gasteiger partial charge in [-0.3, -0.25) is 4.79 Å². The van der Waals surface area contributed by atoms with Crippen LogP contribution in [-0.4, -0.2) is 20.9 Å². The molecular formula is C19H14N4O3. The number of fused-ring (bicyclic) bond motifs is 2. The third-order valence-electron chi connectivity index (χ3n) is 3.98. The zero-order chi connectivity index (χ0) is 18.1. The maximum absolute atomic E-state index is 12.3. The molecule has 2 aromatic heterocycles. The van der Waals surface area contributed by atoms with Gasteiger partial charge in [0, 0.05) is 10.8 Å².